The van der Waals surface area contributed by atoms with Crippen molar-refractivity contribution in [2.45, 2.75) is 102 Å². The van der Waals surface area contributed by atoms with Crippen molar-refractivity contribution in [1.82, 2.24) is 20.9 Å². The maximum absolute atomic E-state index is 14.3. The second-order valence-corrected chi connectivity index (χ2v) is 14.0. The summed E-state index contributed by atoms with van der Waals surface area (Å²) in [5, 5.41) is 20.6. The summed E-state index contributed by atoms with van der Waals surface area (Å²) in [5.74, 6) is -3.73. The third kappa shape index (κ3) is 7.72. The van der Waals surface area contributed by atoms with Gasteiger partial charge in [0.05, 0.1) is 12.7 Å². The maximum Gasteiger partial charge on any atom is 0.330 e. The van der Waals surface area contributed by atoms with E-state index < -0.39 is 59.4 Å². The van der Waals surface area contributed by atoms with Gasteiger partial charge in [-0.25, -0.2) is 4.79 Å². The Morgan fingerprint density at radius 2 is 1.75 bits per heavy atom. The molecule has 6 atom stereocenters. The number of nitrogens with zero attached hydrogens (tertiary/aromatic N) is 1. The first kappa shape index (κ1) is 35.1. The minimum atomic E-state index is -1.46. The van der Waals surface area contributed by atoms with Crippen molar-refractivity contribution in [3.63, 3.8) is 0 Å². The molecule has 3 fully saturated rings. The SMILES string of the molecule is C=C[C@@H]1C[C@]1(NC(=O)[C@@H]1C[C@@H](OCc2ccc3ccccc3c2)CN1C(=O)[C@@H](NC(=O)[C@@H](NC(C)=O)C1CCCCC1)C(C)C)C(=O)O. The molecule has 2 aromatic carbocycles. The van der Waals surface area contributed by atoms with Gasteiger partial charge in [-0.1, -0.05) is 75.6 Å². The number of aliphatic carboxylic acids is 1. The molecular formula is C37H48N4O7. The highest BCUT2D eigenvalue weighted by Crippen LogP contribution is 2.45. The topological polar surface area (TPSA) is 154 Å². The maximum atomic E-state index is 14.3. The lowest BCUT2D eigenvalue weighted by Gasteiger charge is -2.34. The summed E-state index contributed by atoms with van der Waals surface area (Å²) in [6, 6.07) is 11.3. The van der Waals surface area contributed by atoms with Gasteiger partial charge in [0, 0.05) is 25.8 Å². The summed E-state index contributed by atoms with van der Waals surface area (Å²) in [5.41, 5.74) is -0.523. The number of carbonyl (C=O) groups excluding carboxylic acids is 4. The van der Waals surface area contributed by atoms with Crippen LogP contribution in [0.25, 0.3) is 10.8 Å². The van der Waals surface area contributed by atoms with Crippen LogP contribution in [-0.2, 0) is 35.3 Å². The van der Waals surface area contributed by atoms with Crippen molar-refractivity contribution in [3.8, 4) is 0 Å². The van der Waals surface area contributed by atoms with E-state index in [0.29, 0.717) is 0 Å². The lowest BCUT2D eigenvalue weighted by Crippen LogP contribution is -2.60. The number of hydrogen-bond acceptors (Lipinski definition) is 6. The summed E-state index contributed by atoms with van der Waals surface area (Å²) in [6.07, 6.45) is 6.02. The molecule has 48 heavy (non-hydrogen) atoms. The molecule has 0 aromatic heterocycles. The van der Waals surface area contributed by atoms with E-state index in [4.69, 9.17) is 4.74 Å². The zero-order valence-electron chi connectivity index (χ0n) is 28.1. The van der Waals surface area contributed by atoms with Crippen LogP contribution >= 0.6 is 0 Å². The van der Waals surface area contributed by atoms with Crippen LogP contribution < -0.4 is 16.0 Å². The lowest BCUT2D eigenvalue weighted by atomic mass is 9.83. The molecule has 2 saturated carbocycles. The van der Waals surface area contributed by atoms with E-state index in [2.05, 4.69) is 22.5 Å². The molecule has 4 N–H and O–H groups in total. The first-order valence-corrected chi connectivity index (χ1v) is 17.1. The predicted octanol–water partition coefficient (Wildman–Crippen LogP) is 3.70. The highest BCUT2D eigenvalue weighted by Gasteiger charge is 2.61. The fraction of sp³-hybridized carbons (Fsp3) is 0.541. The van der Waals surface area contributed by atoms with Crippen LogP contribution in [0, 0.1) is 17.8 Å². The second-order valence-electron chi connectivity index (χ2n) is 14.0. The third-order valence-corrected chi connectivity index (χ3v) is 10.2. The molecule has 0 unspecified atom stereocenters. The van der Waals surface area contributed by atoms with Gasteiger partial charge in [-0.05, 0) is 53.5 Å². The number of rotatable bonds is 13. The highest BCUT2D eigenvalue weighted by atomic mass is 16.5. The Hall–Kier alpha value is -4.25. The normalized spacial score (nSPS) is 25.2. The monoisotopic (exact) mass is 660 g/mol. The van der Waals surface area contributed by atoms with E-state index in [0.717, 1.165) is 48.4 Å². The molecule has 11 nitrogen and oxygen atoms in total. The summed E-state index contributed by atoms with van der Waals surface area (Å²) >= 11 is 0. The number of amides is 4. The van der Waals surface area contributed by atoms with Crippen LogP contribution in [-0.4, -0.2) is 75.9 Å². The summed E-state index contributed by atoms with van der Waals surface area (Å²) in [6.45, 7) is 9.05. The number of ether oxygens (including phenoxy) is 1. The van der Waals surface area contributed by atoms with Crippen molar-refractivity contribution in [2.24, 2.45) is 17.8 Å². The van der Waals surface area contributed by atoms with E-state index in [1.54, 1.807) is 0 Å². The van der Waals surface area contributed by atoms with E-state index in [1.165, 1.54) is 17.9 Å². The van der Waals surface area contributed by atoms with Gasteiger partial charge in [-0.3, -0.25) is 19.2 Å². The van der Waals surface area contributed by atoms with Gasteiger partial charge in [0.2, 0.25) is 23.6 Å². The Morgan fingerprint density at radius 3 is 2.38 bits per heavy atom. The average molecular weight is 661 g/mol. The minimum Gasteiger partial charge on any atom is -0.479 e. The van der Waals surface area contributed by atoms with Crippen LogP contribution in [0.3, 0.4) is 0 Å². The molecule has 1 saturated heterocycles. The molecule has 5 rings (SSSR count). The number of carboxylic acid groups (broad SMARTS) is 1. The zero-order chi connectivity index (χ0) is 34.6. The Balaban J connectivity index is 1.35. The Bertz CT molecular complexity index is 1550. The molecule has 0 radical (unpaired) electrons. The van der Waals surface area contributed by atoms with Crippen molar-refractivity contribution in [3.05, 3.63) is 60.7 Å². The largest absolute Gasteiger partial charge is 0.479 e. The average Bonchev–Trinajstić information content (AvgIpc) is 3.63. The van der Waals surface area contributed by atoms with Gasteiger partial charge in [-0.2, -0.15) is 0 Å². The Labute approximate surface area is 281 Å². The van der Waals surface area contributed by atoms with Gasteiger partial charge in [0.1, 0.15) is 23.7 Å². The molecule has 0 spiro atoms. The molecule has 1 heterocycles. The molecule has 3 aliphatic rings. The van der Waals surface area contributed by atoms with Crippen molar-refractivity contribution >= 4 is 40.4 Å². The number of nitrogens with one attached hydrogen (secondary N) is 3. The summed E-state index contributed by atoms with van der Waals surface area (Å²) in [4.78, 5) is 67.5. The van der Waals surface area contributed by atoms with E-state index in [1.807, 2.05) is 56.3 Å². The van der Waals surface area contributed by atoms with Crippen LogP contribution in [0.2, 0.25) is 0 Å². The van der Waals surface area contributed by atoms with Gasteiger partial charge in [-0.15, -0.1) is 6.58 Å². The molecule has 11 heteroatoms. The molecule has 2 aromatic rings. The minimum absolute atomic E-state index is 0.0349. The van der Waals surface area contributed by atoms with E-state index >= 15 is 0 Å². The number of carboxylic acids is 1. The van der Waals surface area contributed by atoms with Crippen LogP contribution in [0.1, 0.15) is 71.3 Å². The first-order valence-electron chi connectivity index (χ1n) is 17.1. The van der Waals surface area contributed by atoms with E-state index in [9.17, 15) is 29.1 Å². The highest BCUT2D eigenvalue weighted by molar-refractivity contribution is 5.97. The first-order chi connectivity index (χ1) is 22.9. The molecule has 4 amide bonds. The molecule has 258 valence electrons. The Morgan fingerprint density at radius 1 is 1.04 bits per heavy atom. The molecular weight excluding hydrogens is 612 g/mol. The number of hydrogen-bond donors (Lipinski definition) is 4. The molecule has 0 bridgehead atoms. The van der Waals surface area contributed by atoms with Crippen LogP contribution in [0.15, 0.2) is 55.1 Å². The van der Waals surface area contributed by atoms with Crippen molar-refractivity contribution < 1.29 is 33.8 Å². The molecule has 2 aliphatic carbocycles. The van der Waals surface area contributed by atoms with Gasteiger partial charge >= 0.3 is 5.97 Å². The van der Waals surface area contributed by atoms with Crippen molar-refractivity contribution in [2.75, 3.05) is 6.54 Å². The number of fused-ring (bicyclic) bond motifs is 1. The standard InChI is InChI=1S/C37H48N4O7/c1-5-28-19-37(28,36(46)47)40-33(43)30-18-29(48-21-24-15-16-25-11-9-10-14-27(25)17-24)20-41(30)35(45)31(22(2)3)39-34(44)32(38-23(4)42)26-12-7-6-8-13-26/h5,9-11,14-17,22,26,28-32H,1,6-8,12-13,18-21H2,2-4H3,(H,38,42)(H,39,44)(H,40,43)(H,46,47)/t28-,29-,30+,31+,32+,37-/m1/s1. The fourth-order valence-corrected chi connectivity index (χ4v) is 7.29. The van der Waals surface area contributed by atoms with Crippen molar-refractivity contribution in [1.29, 1.82) is 0 Å². The summed E-state index contributed by atoms with van der Waals surface area (Å²) < 4.78 is 6.28. The van der Waals surface area contributed by atoms with Gasteiger partial charge in [0.25, 0.3) is 0 Å². The van der Waals surface area contributed by atoms with E-state index in [-0.39, 0.29) is 43.7 Å². The van der Waals surface area contributed by atoms with Gasteiger partial charge < -0.3 is 30.7 Å². The number of benzene rings is 2. The quantitative estimate of drug-likeness (QED) is 0.239. The zero-order valence-corrected chi connectivity index (χ0v) is 28.1. The predicted molar refractivity (Wildman–Crippen MR) is 180 cm³/mol. The van der Waals surface area contributed by atoms with Gasteiger partial charge in [0.15, 0.2) is 0 Å². The number of carbonyl (C=O) groups is 5. The van der Waals surface area contributed by atoms with Crippen LogP contribution in [0.5, 0.6) is 0 Å². The summed E-state index contributed by atoms with van der Waals surface area (Å²) in [7, 11) is 0. The molecule has 1 aliphatic heterocycles. The Kier molecular flexibility index (Phi) is 10.9. The number of likely N-dealkylation sites (tertiary alicyclic amines) is 1. The second kappa shape index (κ2) is 14.9. The smallest absolute Gasteiger partial charge is 0.330 e. The fourth-order valence-electron chi connectivity index (χ4n) is 7.29. The van der Waals surface area contributed by atoms with Crippen LogP contribution in [0.4, 0.5) is 0 Å². The third-order valence-electron chi connectivity index (χ3n) is 10.2. The lowest BCUT2D eigenvalue weighted by molar-refractivity contribution is -0.146.